The van der Waals surface area contributed by atoms with Crippen molar-refractivity contribution in [2.45, 2.75) is 30.7 Å². The predicted octanol–water partition coefficient (Wildman–Crippen LogP) is 0.220. The Morgan fingerprint density at radius 2 is 2.24 bits per heavy atom. The van der Waals surface area contributed by atoms with Crippen LogP contribution in [0.15, 0.2) is 12.7 Å². The Morgan fingerprint density at radius 3 is 2.81 bits per heavy atom. The third-order valence-electron chi connectivity index (χ3n) is 3.53. The fraction of sp³-hybridized carbons (Fsp3) is 0.750. The molecule has 0 spiro atoms. The van der Waals surface area contributed by atoms with Crippen LogP contribution in [0.5, 0.6) is 0 Å². The molecular weight excluding hydrogens is 314 g/mol. The summed E-state index contributed by atoms with van der Waals surface area (Å²) in [6, 6.07) is -0.337. The number of ether oxygens (including phenoxy) is 1. The molecule has 0 radical (unpaired) electrons. The van der Waals surface area contributed by atoms with Gasteiger partial charge in [0.2, 0.25) is 0 Å². The zero-order chi connectivity index (χ0) is 15.6. The van der Waals surface area contributed by atoms with E-state index in [2.05, 4.69) is 23.9 Å². The van der Waals surface area contributed by atoms with E-state index in [1.54, 1.807) is 4.90 Å². The second-order valence-electron chi connectivity index (χ2n) is 5.40. The summed E-state index contributed by atoms with van der Waals surface area (Å²) < 4.78 is 32.8. The van der Waals surface area contributed by atoms with Crippen molar-refractivity contribution in [3.8, 4) is 0 Å². The Bertz CT molecular complexity index is 511. The zero-order valence-electron chi connectivity index (χ0n) is 11.9. The van der Waals surface area contributed by atoms with E-state index in [0.717, 1.165) is 0 Å². The highest BCUT2D eigenvalue weighted by Crippen LogP contribution is 2.25. The number of hydrogen-bond acceptors (Lipinski definition) is 5. The quantitative estimate of drug-likeness (QED) is 0.569. The normalized spacial score (nSPS) is 32.3. The van der Waals surface area contributed by atoms with Crippen molar-refractivity contribution in [1.82, 2.24) is 13.9 Å². The Kier molecular flexibility index (Phi) is 5.18. The van der Waals surface area contributed by atoms with Gasteiger partial charge in [0.15, 0.2) is 0 Å². The molecule has 0 saturated carbocycles. The smallest absolute Gasteiger partial charge is 0.410 e. The zero-order valence-corrected chi connectivity index (χ0v) is 13.6. The molecule has 1 N–H and O–H groups in total. The molecule has 2 fully saturated rings. The third kappa shape index (κ3) is 3.91. The first-order chi connectivity index (χ1) is 9.83. The van der Waals surface area contributed by atoms with E-state index >= 15 is 0 Å². The Morgan fingerprint density at radius 1 is 1.52 bits per heavy atom. The van der Waals surface area contributed by atoms with E-state index in [4.69, 9.17) is 4.74 Å². The number of nitrogens with zero attached hydrogens (tertiary/aromatic N) is 2. The highest BCUT2D eigenvalue weighted by molar-refractivity contribution is 7.87. The molecule has 1 unspecified atom stereocenters. The van der Waals surface area contributed by atoms with Crippen LogP contribution in [0.4, 0.5) is 4.79 Å². The van der Waals surface area contributed by atoms with Crippen molar-refractivity contribution >= 4 is 28.9 Å². The Labute approximate surface area is 130 Å². The first kappa shape index (κ1) is 16.6. The fourth-order valence-electron chi connectivity index (χ4n) is 2.68. The van der Waals surface area contributed by atoms with Crippen LogP contribution in [0.1, 0.15) is 13.3 Å². The third-order valence-corrected chi connectivity index (χ3v) is 5.59. The van der Waals surface area contributed by atoms with Gasteiger partial charge in [-0.05, 0) is 13.3 Å². The molecule has 0 aromatic rings. The summed E-state index contributed by atoms with van der Waals surface area (Å²) in [5.41, 5.74) is 0. The van der Waals surface area contributed by atoms with Crippen molar-refractivity contribution in [3.63, 3.8) is 0 Å². The monoisotopic (exact) mass is 335 g/mol. The number of amides is 1. The first-order valence-corrected chi connectivity index (χ1v) is 8.79. The summed E-state index contributed by atoms with van der Waals surface area (Å²) in [5, 5.41) is 0.0296. The van der Waals surface area contributed by atoms with Gasteiger partial charge in [-0.3, -0.25) is 0 Å². The molecule has 2 rings (SSSR count). The van der Waals surface area contributed by atoms with E-state index in [-0.39, 0.29) is 30.5 Å². The number of carbonyl (C=O) groups is 1. The van der Waals surface area contributed by atoms with Crippen LogP contribution in [0.25, 0.3) is 0 Å². The van der Waals surface area contributed by atoms with Crippen LogP contribution >= 0.6 is 12.6 Å². The van der Waals surface area contributed by atoms with Crippen LogP contribution < -0.4 is 4.72 Å². The van der Waals surface area contributed by atoms with E-state index in [1.807, 2.05) is 6.92 Å². The molecule has 1 amide bonds. The van der Waals surface area contributed by atoms with E-state index in [9.17, 15) is 13.2 Å². The SMILES string of the molecule is C=CCOC(=O)N1C[C@@H](S)C[C@H]1CN1CC(C)NS1(=O)=O. The van der Waals surface area contributed by atoms with Gasteiger partial charge in [-0.1, -0.05) is 12.7 Å². The molecule has 7 nitrogen and oxygen atoms in total. The van der Waals surface area contributed by atoms with Crippen LogP contribution in [-0.2, 0) is 14.9 Å². The maximum Gasteiger partial charge on any atom is 0.410 e. The molecule has 2 heterocycles. The van der Waals surface area contributed by atoms with Gasteiger partial charge in [0.1, 0.15) is 6.61 Å². The molecule has 0 aromatic heterocycles. The summed E-state index contributed by atoms with van der Waals surface area (Å²) in [6.07, 6.45) is 1.69. The minimum atomic E-state index is -3.44. The lowest BCUT2D eigenvalue weighted by molar-refractivity contribution is 0.104. The van der Waals surface area contributed by atoms with Crippen LogP contribution in [-0.4, -0.2) is 67.3 Å². The Balaban J connectivity index is 2.03. The van der Waals surface area contributed by atoms with Crippen LogP contribution in [0.2, 0.25) is 0 Å². The molecule has 0 aliphatic carbocycles. The van der Waals surface area contributed by atoms with E-state index < -0.39 is 16.3 Å². The average Bonchev–Trinajstić information content (AvgIpc) is 2.86. The molecule has 3 atom stereocenters. The molecular formula is C12H21N3O4S2. The number of thiol groups is 1. The number of likely N-dealkylation sites (tertiary alicyclic amines) is 1. The lowest BCUT2D eigenvalue weighted by Crippen LogP contribution is -2.44. The highest BCUT2D eigenvalue weighted by atomic mass is 32.2. The van der Waals surface area contributed by atoms with Gasteiger partial charge in [-0.2, -0.15) is 30.1 Å². The largest absolute Gasteiger partial charge is 0.445 e. The van der Waals surface area contributed by atoms with Gasteiger partial charge in [-0.15, -0.1) is 0 Å². The second kappa shape index (κ2) is 6.55. The standard InChI is InChI=1S/C12H21N3O4S2/c1-3-4-19-12(16)15-8-11(20)5-10(15)7-14-6-9(2)13-21(14,17)18/h3,9-11,13,20H,1,4-8H2,2H3/t9?,10-,11-/m0/s1. The lowest BCUT2D eigenvalue weighted by atomic mass is 10.2. The number of carbonyl (C=O) groups excluding carboxylic acids is 1. The van der Waals surface area contributed by atoms with Crippen molar-refractivity contribution < 1.29 is 17.9 Å². The summed E-state index contributed by atoms with van der Waals surface area (Å²) in [4.78, 5) is 13.6. The van der Waals surface area contributed by atoms with Gasteiger partial charge < -0.3 is 9.64 Å². The number of rotatable bonds is 4. The molecule has 2 aliphatic rings. The topological polar surface area (TPSA) is 79.0 Å². The molecule has 120 valence electrons. The van der Waals surface area contributed by atoms with E-state index in [1.165, 1.54) is 10.4 Å². The van der Waals surface area contributed by atoms with Crippen LogP contribution in [0, 0.1) is 0 Å². The molecule has 2 saturated heterocycles. The summed E-state index contributed by atoms with van der Waals surface area (Å²) in [5.74, 6) is 0. The predicted molar refractivity (Wildman–Crippen MR) is 82.5 cm³/mol. The van der Waals surface area contributed by atoms with Gasteiger partial charge in [0.05, 0.1) is 6.04 Å². The van der Waals surface area contributed by atoms with Gasteiger partial charge in [0, 0.05) is 30.9 Å². The van der Waals surface area contributed by atoms with Crippen molar-refractivity contribution in [1.29, 1.82) is 0 Å². The highest BCUT2D eigenvalue weighted by Gasteiger charge is 2.40. The van der Waals surface area contributed by atoms with Crippen molar-refractivity contribution in [2.24, 2.45) is 0 Å². The fourth-order valence-corrected chi connectivity index (χ4v) is 4.62. The second-order valence-corrected chi connectivity index (χ2v) is 7.83. The van der Waals surface area contributed by atoms with Gasteiger partial charge in [0.25, 0.3) is 10.2 Å². The molecule has 0 bridgehead atoms. The van der Waals surface area contributed by atoms with Crippen molar-refractivity contribution in [3.05, 3.63) is 12.7 Å². The van der Waals surface area contributed by atoms with E-state index in [0.29, 0.717) is 19.5 Å². The summed E-state index contributed by atoms with van der Waals surface area (Å²) >= 11 is 4.40. The minimum Gasteiger partial charge on any atom is -0.445 e. The first-order valence-electron chi connectivity index (χ1n) is 6.83. The average molecular weight is 335 g/mol. The minimum absolute atomic E-state index is 0.0296. The molecule has 0 aromatic carbocycles. The Hall–Kier alpha value is -0.770. The van der Waals surface area contributed by atoms with Crippen molar-refractivity contribution in [2.75, 3.05) is 26.2 Å². The number of hydrogen-bond donors (Lipinski definition) is 2. The molecule has 21 heavy (non-hydrogen) atoms. The summed E-state index contributed by atoms with van der Waals surface area (Å²) in [6.45, 7) is 6.58. The number of nitrogens with one attached hydrogen (secondary N) is 1. The lowest BCUT2D eigenvalue weighted by Gasteiger charge is -2.26. The van der Waals surface area contributed by atoms with Gasteiger partial charge >= 0.3 is 6.09 Å². The molecule has 2 aliphatic heterocycles. The molecule has 9 heteroatoms. The van der Waals surface area contributed by atoms with Gasteiger partial charge in [-0.25, -0.2) is 4.79 Å². The maximum atomic E-state index is 12.0. The van der Waals surface area contributed by atoms with Crippen LogP contribution in [0.3, 0.4) is 0 Å². The summed E-state index contributed by atoms with van der Waals surface area (Å²) in [7, 11) is -3.44. The maximum absolute atomic E-state index is 12.0.